The molecule has 0 saturated carbocycles. The highest BCUT2D eigenvalue weighted by Gasteiger charge is 2.35. The molecule has 2 atom stereocenters. The molecule has 0 aliphatic heterocycles. The van der Waals surface area contributed by atoms with Crippen molar-refractivity contribution >= 4 is 87.2 Å². The van der Waals surface area contributed by atoms with Crippen LogP contribution in [-0.2, 0) is 0 Å². The van der Waals surface area contributed by atoms with E-state index in [4.69, 9.17) is 0 Å². The standard InChI is InChI=1S/C62H41N.C60H39N3/c1-4-15-40(16-5-1)42-27-31-48(32-28-42)63-57-35-30-46(39-56(57)61-58(63)36-34-53-49-23-10-13-26-52(49)60(62(53)61)43-19-8-3-9-20-43)45-29-33-54-55(38-45)50-24-11-12-25-51(50)59(54)47-22-14-21-44(37-47)41-17-6-2-7-18-41;1-4-15-40(16-5-1)42-27-31-47(32-28-42)62-56-34-30-45(39-52(56)60-58(62)36-35-57-59(60)50-24-11-13-26-54(50)61(57)46-20-8-3-9-21-46)44-29-33-55-51(38-44)49-23-10-12-25-53(49)63(55)48-22-14-19-43(37-48)41-17-6-2-7-18-41/h1-39,59-60H;1-39H. The van der Waals surface area contributed by atoms with Crippen LogP contribution in [0.15, 0.2) is 473 Å². The van der Waals surface area contributed by atoms with E-state index in [0.717, 1.165) is 22.7 Å². The molecule has 0 radical (unpaired) electrons. The van der Waals surface area contributed by atoms with E-state index in [9.17, 15) is 0 Å². The van der Waals surface area contributed by atoms with Crippen LogP contribution in [0.2, 0.25) is 0 Å². The molecule has 26 rings (SSSR count). The van der Waals surface area contributed by atoms with Crippen LogP contribution in [0.4, 0.5) is 0 Å². The summed E-state index contributed by atoms with van der Waals surface area (Å²) in [5.41, 5.74) is 42.2. The Morgan fingerprint density at radius 2 is 0.468 bits per heavy atom. The quantitative estimate of drug-likeness (QED) is 0.116. The van der Waals surface area contributed by atoms with Crippen molar-refractivity contribution in [1.29, 1.82) is 0 Å². The van der Waals surface area contributed by atoms with Crippen LogP contribution >= 0.6 is 0 Å². The van der Waals surface area contributed by atoms with E-state index in [1.807, 2.05) is 0 Å². The topological polar surface area (TPSA) is 19.7 Å². The molecule has 2 aliphatic carbocycles. The molecule has 0 fully saturated rings. The van der Waals surface area contributed by atoms with E-state index in [2.05, 4.69) is 491 Å². The van der Waals surface area contributed by atoms with E-state index >= 15 is 0 Å². The van der Waals surface area contributed by atoms with Crippen molar-refractivity contribution < 1.29 is 0 Å². The van der Waals surface area contributed by atoms with Gasteiger partial charge in [0.2, 0.25) is 0 Å². The first-order valence-electron chi connectivity index (χ1n) is 43.7. The predicted molar refractivity (Wildman–Crippen MR) is 529 cm³/mol. The Kier molecular flexibility index (Phi) is 17.1. The fourth-order valence-electron chi connectivity index (χ4n) is 21.2. The van der Waals surface area contributed by atoms with Crippen LogP contribution in [0.5, 0.6) is 0 Å². The maximum absolute atomic E-state index is 2.49. The van der Waals surface area contributed by atoms with Crippen LogP contribution in [0.1, 0.15) is 45.2 Å². The third-order valence-corrected chi connectivity index (χ3v) is 26.8. The van der Waals surface area contributed by atoms with Gasteiger partial charge in [0, 0.05) is 77.7 Å². The van der Waals surface area contributed by atoms with Crippen molar-refractivity contribution in [3.05, 3.63) is 507 Å². The third-order valence-electron chi connectivity index (χ3n) is 26.8. The van der Waals surface area contributed by atoms with E-state index in [0.29, 0.717) is 0 Å². The number of hydrogen-bond acceptors (Lipinski definition) is 0. The first-order valence-corrected chi connectivity index (χ1v) is 43.7. The average Bonchev–Trinajstić information content (AvgIpc) is 1.55. The zero-order valence-corrected chi connectivity index (χ0v) is 69.0. The Morgan fingerprint density at radius 3 is 1.05 bits per heavy atom. The van der Waals surface area contributed by atoms with Crippen LogP contribution in [-0.4, -0.2) is 18.3 Å². The second-order valence-electron chi connectivity index (χ2n) is 33.7. The summed E-state index contributed by atoms with van der Waals surface area (Å²) >= 11 is 0. The zero-order chi connectivity index (χ0) is 82.9. The van der Waals surface area contributed by atoms with Gasteiger partial charge in [-0.2, -0.15) is 0 Å². The smallest absolute Gasteiger partial charge is 0.0548 e. The zero-order valence-electron chi connectivity index (χ0n) is 69.0. The number of nitrogens with zero attached hydrogens (tertiary/aromatic N) is 4. The van der Waals surface area contributed by atoms with Gasteiger partial charge in [-0.3, -0.25) is 0 Å². The van der Waals surface area contributed by atoms with E-state index in [1.54, 1.807) is 0 Å². The number of hydrogen-bond donors (Lipinski definition) is 0. The maximum atomic E-state index is 2.49. The molecule has 4 heterocycles. The molecule has 20 aromatic carbocycles. The van der Waals surface area contributed by atoms with Crippen LogP contribution in [0, 0.1) is 0 Å². The Labute approximate surface area is 730 Å². The summed E-state index contributed by atoms with van der Waals surface area (Å²) in [5, 5.41) is 10.1. The van der Waals surface area contributed by atoms with Gasteiger partial charge in [0.1, 0.15) is 0 Å². The highest BCUT2D eigenvalue weighted by molar-refractivity contribution is 6.29. The molecule has 0 spiro atoms. The molecular formula is C122H80N4. The molecule has 0 bridgehead atoms. The number of aromatic nitrogens is 4. The first kappa shape index (κ1) is 72.4. The lowest BCUT2D eigenvalue weighted by Gasteiger charge is -2.16. The van der Waals surface area contributed by atoms with Gasteiger partial charge in [-0.1, -0.05) is 352 Å². The van der Waals surface area contributed by atoms with E-state index in [-0.39, 0.29) is 11.8 Å². The van der Waals surface area contributed by atoms with Crippen LogP contribution < -0.4 is 0 Å². The largest absolute Gasteiger partial charge is 0.309 e. The predicted octanol–water partition coefficient (Wildman–Crippen LogP) is 32.1. The summed E-state index contributed by atoms with van der Waals surface area (Å²) in [7, 11) is 0. The van der Waals surface area contributed by atoms with Crippen molar-refractivity contribution in [2.75, 3.05) is 0 Å². The molecule has 2 unspecified atom stereocenters. The number of rotatable bonds is 12. The summed E-state index contributed by atoms with van der Waals surface area (Å²) in [4.78, 5) is 0. The Bertz CT molecular complexity index is 8410. The molecule has 126 heavy (non-hydrogen) atoms. The normalized spacial score (nSPS) is 13.2. The molecule has 2 aliphatic rings. The third kappa shape index (κ3) is 11.8. The Morgan fingerprint density at radius 1 is 0.143 bits per heavy atom. The molecule has 0 saturated heterocycles. The maximum Gasteiger partial charge on any atom is 0.0548 e. The second-order valence-corrected chi connectivity index (χ2v) is 33.7. The molecule has 0 N–H and O–H groups in total. The first-order chi connectivity index (χ1) is 62.5. The van der Waals surface area contributed by atoms with Gasteiger partial charge in [-0.25, -0.2) is 0 Å². The van der Waals surface area contributed by atoms with Gasteiger partial charge in [-0.05, 0) is 244 Å². The summed E-state index contributed by atoms with van der Waals surface area (Å²) in [6.07, 6.45) is 0. The summed E-state index contributed by atoms with van der Waals surface area (Å²) in [5.74, 6) is 0.292. The van der Waals surface area contributed by atoms with Crippen molar-refractivity contribution in [3.8, 4) is 112 Å². The average molecular weight is 1600 g/mol. The van der Waals surface area contributed by atoms with Crippen molar-refractivity contribution in [3.63, 3.8) is 0 Å². The molecule has 4 nitrogen and oxygen atoms in total. The number of fused-ring (bicyclic) bond motifs is 20. The van der Waals surface area contributed by atoms with Gasteiger partial charge in [0.25, 0.3) is 0 Å². The van der Waals surface area contributed by atoms with E-state index < -0.39 is 0 Å². The summed E-state index contributed by atoms with van der Waals surface area (Å²) < 4.78 is 9.78. The van der Waals surface area contributed by atoms with Gasteiger partial charge < -0.3 is 18.3 Å². The molecule has 0 amide bonds. The summed E-state index contributed by atoms with van der Waals surface area (Å²) in [6, 6.07) is 174. The lowest BCUT2D eigenvalue weighted by molar-refractivity contribution is 1.02. The molecule has 24 aromatic rings. The van der Waals surface area contributed by atoms with Gasteiger partial charge in [0.05, 0.1) is 44.1 Å². The van der Waals surface area contributed by atoms with Crippen LogP contribution in [0.25, 0.3) is 199 Å². The minimum atomic E-state index is 0.123. The monoisotopic (exact) mass is 1600 g/mol. The van der Waals surface area contributed by atoms with Crippen molar-refractivity contribution in [2.24, 2.45) is 0 Å². The van der Waals surface area contributed by atoms with E-state index in [1.165, 1.54) is 210 Å². The highest BCUT2D eigenvalue weighted by atomic mass is 15.0. The Balaban J connectivity index is 0.000000137. The second kappa shape index (κ2) is 29.7. The Hall–Kier alpha value is -16.4. The summed E-state index contributed by atoms with van der Waals surface area (Å²) in [6.45, 7) is 0. The van der Waals surface area contributed by atoms with Gasteiger partial charge in [-0.15, -0.1) is 0 Å². The minimum absolute atomic E-state index is 0.123. The fraction of sp³-hybridized carbons (Fsp3) is 0.0164. The minimum Gasteiger partial charge on any atom is -0.309 e. The van der Waals surface area contributed by atoms with Crippen molar-refractivity contribution in [1.82, 2.24) is 18.3 Å². The highest BCUT2D eigenvalue weighted by Crippen LogP contribution is 2.55. The van der Waals surface area contributed by atoms with Gasteiger partial charge in [0.15, 0.2) is 0 Å². The lowest BCUT2D eigenvalue weighted by atomic mass is 9.86. The molecule has 4 heteroatoms. The molecule has 4 aromatic heterocycles. The fourth-order valence-corrected chi connectivity index (χ4v) is 21.2. The lowest BCUT2D eigenvalue weighted by Crippen LogP contribution is -2.00. The number of para-hydroxylation sites is 3. The number of benzene rings is 20. The van der Waals surface area contributed by atoms with Gasteiger partial charge >= 0.3 is 0 Å². The molecular weight excluding hydrogens is 1520 g/mol. The van der Waals surface area contributed by atoms with Crippen LogP contribution in [0.3, 0.4) is 0 Å². The van der Waals surface area contributed by atoms with Crippen molar-refractivity contribution in [2.45, 2.75) is 11.8 Å². The molecule has 588 valence electrons. The SMILES string of the molecule is c1ccc(-c2ccc(-n3c4ccc(-c5ccc6c(c5)-c5ccccc5C6c5cccc(-c6ccccc6)c5)cc4c4c5c(ccc43)-c3ccccc3C5c3ccccc3)cc2)cc1.c1ccc(-c2ccc(-n3c4ccc(-c5ccc6c(c5)c5ccccc5n6-c5cccc(-c6ccccc6)c5)cc4c4c5c6ccccc6n(-c6ccccc6)c5ccc43)cc2)cc1.